The van der Waals surface area contributed by atoms with Crippen molar-refractivity contribution in [1.82, 2.24) is 4.90 Å². The van der Waals surface area contributed by atoms with Gasteiger partial charge in [0, 0.05) is 6.20 Å². The maximum Gasteiger partial charge on any atom is 0.405 e. The van der Waals surface area contributed by atoms with Crippen LogP contribution in [0.3, 0.4) is 0 Å². The molecule has 1 rings (SSSR count). The number of nitrogens with two attached hydrogens (primary N) is 1. The van der Waals surface area contributed by atoms with Crippen LogP contribution in [0.25, 0.3) is 0 Å². The lowest BCUT2D eigenvalue weighted by atomic mass is 10.5. The molecule has 0 aromatic carbocycles. The average Bonchev–Trinajstić information content (AvgIpc) is 2.27. The van der Waals surface area contributed by atoms with Gasteiger partial charge in [-0.15, -0.1) is 11.8 Å². The van der Waals surface area contributed by atoms with E-state index in [9.17, 15) is 13.2 Å². The third-order valence-electron chi connectivity index (χ3n) is 1.36. The molecule has 0 aromatic heterocycles. The molecule has 2 N–H and O–H groups in total. The zero-order valence-electron chi connectivity index (χ0n) is 6.84. The molecule has 1 unspecified atom stereocenters. The Morgan fingerprint density at radius 3 is 2.77 bits per heavy atom. The van der Waals surface area contributed by atoms with Crippen molar-refractivity contribution in [2.24, 2.45) is 5.73 Å². The summed E-state index contributed by atoms with van der Waals surface area (Å²) in [5, 5.41) is 0.434. The molecule has 0 bridgehead atoms. The van der Waals surface area contributed by atoms with E-state index in [1.165, 1.54) is 34.6 Å². The lowest BCUT2D eigenvalue weighted by Crippen LogP contribution is -2.32. The molecule has 76 valence electrons. The van der Waals surface area contributed by atoms with Gasteiger partial charge in [-0.05, 0) is 6.26 Å². The summed E-state index contributed by atoms with van der Waals surface area (Å²) in [6.45, 7) is -0.938. The number of hydrogen-bond donors (Lipinski definition) is 1. The summed E-state index contributed by atoms with van der Waals surface area (Å²) < 4.78 is 35.8. The number of halogens is 3. The number of rotatable bonds is 2. The highest BCUT2D eigenvalue weighted by Crippen LogP contribution is 2.37. The molecule has 2 nitrogen and oxygen atoms in total. The van der Waals surface area contributed by atoms with Crippen molar-refractivity contribution in [3.05, 3.63) is 11.2 Å². The zero-order valence-corrected chi connectivity index (χ0v) is 8.47. The van der Waals surface area contributed by atoms with Crippen LogP contribution in [0.1, 0.15) is 0 Å². The highest BCUT2D eigenvalue weighted by atomic mass is 32.2. The fraction of sp³-hybridized carbons (Fsp3) is 0.667. The summed E-state index contributed by atoms with van der Waals surface area (Å²) in [5.74, 6) is 0. The zero-order chi connectivity index (χ0) is 10.1. The SMILES string of the molecule is CSC1SC(N)=CN1CC(F)(F)F. The Hall–Kier alpha value is -0.170. The third kappa shape index (κ3) is 3.22. The number of alkyl halides is 3. The van der Waals surface area contributed by atoms with E-state index in [1.807, 2.05) is 0 Å². The Kier molecular flexibility index (Phi) is 3.28. The monoisotopic (exact) mass is 230 g/mol. The minimum absolute atomic E-state index is 0.248. The summed E-state index contributed by atoms with van der Waals surface area (Å²) in [7, 11) is 0. The first-order valence-electron chi connectivity index (χ1n) is 3.41. The first kappa shape index (κ1) is 10.9. The Morgan fingerprint density at radius 1 is 1.69 bits per heavy atom. The highest BCUT2D eigenvalue weighted by Gasteiger charge is 2.35. The van der Waals surface area contributed by atoms with E-state index in [1.54, 1.807) is 6.26 Å². The number of thioether (sulfide) groups is 2. The van der Waals surface area contributed by atoms with Crippen LogP contribution in [0.4, 0.5) is 13.2 Å². The Morgan fingerprint density at radius 2 is 2.31 bits per heavy atom. The third-order valence-corrected chi connectivity index (χ3v) is 3.75. The standard InChI is InChI=1S/C6H9F3N2S2/c1-12-5-11(2-4(10)13-5)3-6(7,8)9/h2,5H,3,10H2,1H3. The molecule has 0 aliphatic carbocycles. The molecule has 1 aliphatic heterocycles. The molecule has 0 radical (unpaired) electrons. The van der Waals surface area contributed by atoms with Crippen LogP contribution in [-0.2, 0) is 0 Å². The van der Waals surface area contributed by atoms with Gasteiger partial charge in [0.25, 0.3) is 0 Å². The summed E-state index contributed by atoms with van der Waals surface area (Å²) in [4.78, 5) is 1.20. The van der Waals surface area contributed by atoms with Crippen molar-refractivity contribution in [2.75, 3.05) is 12.8 Å². The van der Waals surface area contributed by atoms with Crippen LogP contribution in [0, 0.1) is 0 Å². The van der Waals surface area contributed by atoms with Crippen molar-refractivity contribution in [3.8, 4) is 0 Å². The lowest BCUT2D eigenvalue weighted by Gasteiger charge is -2.23. The molecule has 0 fully saturated rings. The second-order valence-electron chi connectivity index (χ2n) is 2.48. The molecule has 0 amide bonds. The second-order valence-corrected chi connectivity index (χ2v) is 4.85. The summed E-state index contributed by atoms with van der Waals surface area (Å²) in [6.07, 6.45) is -1.07. The summed E-state index contributed by atoms with van der Waals surface area (Å²) >= 11 is 2.58. The second kappa shape index (κ2) is 3.91. The Bertz CT molecular complexity index is 216. The van der Waals surface area contributed by atoms with Gasteiger partial charge in [-0.2, -0.15) is 13.2 Å². The quantitative estimate of drug-likeness (QED) is 0.785. The minimum Gasteiger partial charge on any atom is -0.392 e. The smallest absolute Gasteiger partial charge is 0.392 e. The maximum absolute atomic E-state index is 12.0. The van der Waals surface area contributed by atoms with Crippen molar-refractivity contribution in [2.45, 2.75) is 10.9 Å². The van der Waals surface area contributed by atoms with Crippen molar-refractivity contribution < 1.29 is 13.2 Å². The largest absolute Gasteiger partial charge is 0.405 e. The first-order chi connectivity index (χ1) is 5.92. The van der Waals surface area contributed by atoms with Crippen molar-refractivity contribution in [3.63, 3.8) is 0 Å². The van der Waals surface area contributed by atoms with Crippen LogP contribution in [0.5, 0.6) is 0 Å². The normalized spacial score (nSPS) is 23.5. The fourth-order valence-corrected chi connectivity index (χ4v) is 2.77. The highest BCUT2D eigenvalue weighted by molar-refractivity contribution is 8.18. The van der Waals surface area contributed by atoms with Crippen molar-refractivity contribution in [1.29, 1.82) is 0 Å². The molecule has 0 saturated carbocycles. The van der Waals surface area contributed by atoms with Crippen LogP contribution in [0.15, 0.2) is 11.2 Å². The molecular formula is C6H9F3N2S2. The van der Waals surface area contributed by atoms with E-state index in [-0.39, 0.29) is 4.71 Å². The van der Waals surface area contributed by atoms with E-state index < -0.39 is 12.7 Å². The minimum atomic E-state index is -4.17. The van der Waals surface area contributed by atoms with Crippen LogP contribution in [-0.4, -0.2) is 28.6 Å². The van der Waals surface area contributed by atoms with E-state index in [2.05, 4.69) is 0 Å². The summed E-state index contributed by atoms with van der Waals surface area (Å²) in [5.41, 5.74) is 5.41. The fourth-order valence-electron chi connectivity index (χ4n) is 0.950. The van der Waals surface area contributed by atoms with E-state index in [0.717, 1.165) is 0 Å². The number of nitrogens with zero attached hydrogens (tertiary/aromatic N) is 1. The van der Waals surface area contributed by atoms with Crippen LogP contribution >= 0.6 is 23.5 Å². The Labute approximate surface area is 82.7 Å². The lowest BCUT2D eigenvalue weighted by molar-refractivity contribution is -0.139. The van der Waals surface area contributed by atoms with Gasteiger partial charge in [0.05, 0.1) is 5.03 Å². The molecule has 13 heavy (non-hydrogen) atoms. The topological polar surface area (TPSA) is 29.3 Å². The van der Waals surface area contributed by atoms with Crippen LogP contribution in [0.2, 0.25) is 0 Å². The van der Waals surface area contributed by atoms with Crippen molar-refractivity contribution >= 4 is 23.5 Å². The van der Waals surface area contributed by atoms with Gasteiger partial charge in [-0.3, -0.25) is 0 Å². The van der Waals surface area contributed by atoms with Gasteiger partial charge >= 0.3 is 6.18 Å². The molecule has 1 heterocycles. The predicted octanol–water partition coefficient (Wildman–Crippen LogP) is 2.00. The molecule has 0 spiro atoms. The van der Waals surface area contributed by atoms with Gasteiger partial charge < -0.3 is 10.6 Å². The average molecular weight is 230 g/mol. The van der Waals surface area contributed by atoms with Gasteiger partial charge in [-0.1, -0.05) is 11.8 Å². The van der Waals surface area contributed by atoms with Gasteiger partial charge in [0.15, 0.2) is 0 Å². The molecule has 0 saturated heterocycles. The Balaban J connectivity index is 2.57. The molecule has 7 heteroatoms. The summed E-state index contributed by atoms with van der Waals surface area (Å²) in [6, 6.07) is 0. The molecule has 0 aromatic rings. The van der Waals surface area contributed by atoms with E-state index >= 15 is 0 Å². The predicted molar refractivity (Wildman–Crippen MR) is 49.9 cm³/mol. The molecule has 1 atom stereocenters. The first-order valence-corrected chi connectivity index (χ1v) is 5.58. The van der Waals surface area contributed by atoms with Gasteiger partial charge in [0.2, 0.25) is 0 Å². The molecular weight excluding hydrogens is 221 g/mol. The van der Waals surface area contributed by atoms with E-state index in [4.69, 9.17) is 5.73 Å². The maximum atomic E-state index is 12.0. The van der Waals surface area contributed by atoms with Gasteiger partial charge in [0.1, 0.15) is 11.3 Å². The number of hydrogen-bond acceptors (Lipinski definition) is 4. The molecule has 1 aliphatic rings. The van der Waals surface area contributed by atoms with Gasteiger partial charge in [-0.25, -0.2) is 0 Å². The van der Waals surface area contributed by atoms with E-state index in [0.29, 0.717) is 5.03 Å². The van der Waals surface area contributed by atoms with Crippen LogP contribution < -0.4 is 5.73 Å².